The summed E-state index contributed by atoms with van der Waals surface area (Å²) < 4.78 is 39.5. The number of nitrogens with one attached hydrogen (secondary N) is 1. The van der Waals surface area contributed by atoms with Crippen LogP contribution in [0.25, 0.3) is 0 Å². The lowest BCUT2D eigenvalue weighted by molar-refractivity contribution is -0.141. The van der Waals surface area contributed by atoms with E-state index in [1.165, 1.54) is 19.9 Å². The maximum absolute atomic E-state index is 12.8. The molecule has 1 amide bonds. The number of unbranched alkanes of at least 4 members (excludes halogenated alkanes) is 1. The number of rotatable bonds is 6. The second-order valence-electron chi connectivity index (χ2n) is 6.57. The first kappa shape index (κ1) is 18.8. The number of amides is 1. The summed E-state index contributed by atoms with van der Waals surface area (Å²) in [5, 5.41) is 5.90. The molecule has 0 unspecified atom stereocenters. The number of aryl methyl sites for hydroxylation is 1. The van der Waals surface area contributed by atoms with Gasteiger partial charge in [-0.15, -0.1) is 0 Å². The molecule has 2 rings (SSSR count). The van der Waals surface area contributed by atoms with E-state index in [4.69, 9.17) is 0 Å². The summed E-state index contributed by atoms with van der Waals surface area (Å²) in [6.07, 6.45) is 0.648. The van der Waals surface area contributed by atoms with Gasteiger partial charge in [-0.3, -0.25) is 9.48 Å². The standard InChI is InChI=1S/C16H25F3N4O/c1-12-6-5-9-23(10-12)8-4-3-7-20-15(24)13-11-22(2)21-14(13)16(17,18)19/h11-12H,3-10H2,1-2H3,(H,20,24)/t12-/m1/s1. The molecule has 2 heterocycles. The van der Waals surface area contributed by atoms with Crippen LogP contribution in [0.2, 0.25) is 0 Å². The Morgan fingerprint density at radius 2 is 2.17 bits per heavy atom. The Hall–Kier alpha value is -1.57. The fraction of sp³-hybridized carbons (Fsp3) is 0.750. The van der Waals surface area contributed by atoms with E-state index in [1.807, 2.05) is 0 Å². The highest BCUT2D eigenvalue weighted by Crippen LogP contribution is 2.30. The SMILES string of the molecule is C[C@@H]1CCCN(CCCCNC(=O)c2cn(C)nc2C(F)(F)F)C1. The van der Waals surface area contributed by atoms with Gasteiger partial charge in [0.2, 0.25) is 0 Å². The highest BCUT2D eigenvalue weighted by molar-refractivity contribution is 5.95. The van der Waals surface area contributed by atoms with Gasteiger partial charge in [-0.05, 0) is 44.7 Å². The zero-order chi connectivity index (χ0) is 17.7. The summed E-state index contributed by atoms with van der Waals surface area (Å²) in [7, 11) is 1.37. The molecule has 1 atom stereocenters. The first-order chi connectivity index (χ1) is 11.3. The van der Waals surface area contributed by atoms with Crippen molar-refractivity contribution < 1.29 is 18.0 Å². The molecule has 1 saturated heterocycles. The van der Waals surface area contributed by atoms with Gasteiger partial charge in [0.15, 0.2) is 5.69 Å². The summed E-state index contributed by atoms with van der Waals surface area (Å²) in [5.41, 5.74) is -1.56. The summed E-state index contributed by atoms with van der Waals surface area (Å²) in [6, 6.07) is 0. The van der Waals surface area contributed by atoms with Crippen molar-refractivity contribution in [2.75, 3.05) is 26.2 Å². The van der Waals surface area contributed by atoms with Gasteiger partial charge in [0.1, 0.15) is 0 Å². The van der Waals surface area contributed by atoms with Crippen molar-refractivity contribution in [1.82, 2.24) is 20.0 Å². The average molecular weight is 346 g/mol. The number of hydrogen-bond donors (Lipinski definition) is 1. The highest BCUT2D eigenvalue weighted by atomic mass is 19.4. The molecule has 1 aliphatic rings. The Bertz CT molecular complexity index is 556. The molecule has 0 bridgehead atoms. The van der Waals surface area contributed by atoms with E-state index in [-0.39, 0.29) is 0 Å². The quantitative estimate of drug-likeness (QED) is 0.806. The predicted octanol–water partition coefficient (Wildman–Crippen LogP) is 2.68. The molecule has 1 fully saturated rings. The van der Waals surface area contributed by atoms with Gasteiger partial charge in [0.25, 0.3) is 5.91 Å². The Balaban J connectivity index is 1.74. The largest absolute Gasteiger partial charge is 0.435 e. The van der Waals surface area contributed by atoms with Crippen LogP contribution in [-0.4, -0.2) is 46.8 Å². The Morgan fingerprint density at radius 3 is 2.83 bits per heavy atom. The topological polar surface area (TPSA) is 50.2 Å². The fourth-order valence-corrected chi connectivity index (χ4v) is 3.11. The first-order valence-corrected chi connectivity index (χ1v) is 8.38. The van der Waals surface area contributed by atoms with E-state index in [0.717, 1.165) is 49.3 Å². The Labute approximate surface area is 140 Å². The van der Waals surface area contributed by atoms with Crippen molar-refractivity contribution in [3.8, 4) is 0 Å². The third kappa shape index (κ3) is 5.22. The third-order valence-corrected chi connectivity index (χ3v) is 4.27. The van der Waals surface area contributed by atoms with Gasteiger partial charge in [0, 0.05) is 26.3 Å². The van der Waals surface area contributed by atoms with Crippen molar-refractivity contribution in [1.29, 1.82) is 0 Å². The number of aromatic nitrogens is 2. The van der Waals surface area contributed by atoms with Crippen LogP contribution in [0.1, 0.15) is 48.7 Å². The van der Waals surface area contributed by atoms with Crippen LogP contribution in [-0.2, 0) is 13.2 Å². The van der Waals surface area contributed by atoms with E-state index >= 15 is 0 Å². The van der Waals surface area contributed by atoms with Crippen molar-refractivity contribution in [2.45, 2.75) is 38.8 Å². The van der Waals surface area contributed by atoms with E-state index < -0.39 is 23.3 Å². The molecule has 8 heteroatoms. The molecule has 24 heavy (non-hydrogen) atoms. The second-order valence-corrected chi connectivity index (χ2v) is 6.57. The van der Waals surface area contributed by atoms with Crippen LogP contribution in [0, 0.1) is 5.92 Å². The van der Waals surface area contributed by atoms with Crippen LogP contribution in [0.3, 0.4) is 0 Å². The van der Waals surface area contributed by atoms with Crippen LogP contribution < -0.4 is 5.32 Å². The number of alkyl halides is 3. The fourth-order valence-electron chi connectivity index (χ4n) is 3.11. The monoisotopic (exact) mass is 346 g/mol. The lowest BCUT2D eigenvalue weighted by atomic mass is 10.0. The average Bonchev–Trinajstić information content (AvgIpc) is 2.89. The number of piperidine rings is 1. The number of halogens is 3. The molecule has 1 aromatic rings. The minimum atomic E-state index is -4.63. The second kappa shape index (κ2) is 8.00. The zero-order valence-electron chi connectivity index (χ0n) is 14.2. The summed E-state index contributed by atoms with van der Waals surface area (Å²) >= 11 is 0. The van der Waals surface area contributed by atoms with Gasteiger partial charge in [-0.1, -0.05) is 6.92 Å². The number of nitrogens with zero attached hydrogens (tertiary/aromatic N) is 3. The van der Waals surface area contributed by atoms with Crippen LogP contribution in [0.15, 0.2) is 6.20 Å². The predicted molar refractivity (Wildman–Crippen MR) is 84.6 cm³/mol. The van der Waals surface area contributed by atoms with E-state index in [2.05, 4.69) is 22.2 Å². The van der Waals surface area contributed by atoms with Crippen LogP contribution >= 0.6 is 0 Å². The molecule has 5 nitrogen and oxygen atoms in total. The van der Waals surface area contributed by atoms with Crippen molar-refractivity contribution in [2.24, 2.45) is 13.0 Å². The Morgan fingerprint density at radius 1 is 1.42 bits per heavy atom. The van der Waals surface area contributed by atoms with Crippen molar-refractivity contribution in [3.05, 3.63) is 17.5 Å². The van der Waals surface area contributed by atoms with Gasteiger partial charge in [-0.2, -0.15) is 18.3 Å². The zero-order valence-corrected chi connectivity index (χ0v) is 14.2. The number of likely N-dealkylation sites (tertiary alicyclic amines) is 1. The Kier molecular flexibility index (Phi) is 6.26. The maximum Gasteiger partial charge on any atom is 0.435 e. The molecule has 0 radical (unpaired) electrons. The van der Waals surface area contributed by atoms with Gasteiger partial charge in [0.05, 0.1) is 5.56 Å². The van der Waals surface area contributed by atoms with Crippen molar-refractivity contribution >= 4 is 5.91 Å². The van der Waals surface area contributed by atoms with Gasteiger partial charge >= 0.3 is 6.18 Å². The smallest absolute Gasteiger partial charge is 0.352 e. The molecule has 1 aromatic heterocycles. The minimum Gasteiger partial charge on any atom is -0.352 e. The van der Waals surface area contributed by atoms with E-state index in [9.17, 15) is 18.0 Å². The van der Waals surface area contributed by atoms with Gasteiger partial charge in [-0.25, -0.2) is 0 Å². The number of hydrogen-bond acceptors (Lipinski definition) is 3. The maximum atomic E-state index is 12.8. The molecule has 0 spiro atoms. The van der Waals surface area contributed by atoms with E-state index in [0.29, 0.717) is 6.54 Å². The normalized spacial score (nSPS) is 19.5. The molecular weight excluding hydrogens is 321 g/mol. The molecule has 0 saturated carbocycles. The van der Waals surface area contributed by atoms with Crippen molar-refractivity contribution in [3.63, 3.8) is 0 Å². The van der Waals surface area contributed by atoms with Crippen LogP contribution in [0.4, 0.5) is 13.2 Å². The van der Waals surface area contributed by atoms with Gasteiger partial charge < -0.3 is 10.2 Å². The number of carbonyl (C=O) groups excluding carboxylic acids is 1. The molecule has 0 aliphatic carbocycles. The molecular formula is C16H25F3N4O. The van der Waals surface area contributed by atoms with E-state index in [1.54, 1.807) is 0 Å². The summed E-state index contributed by atoms with van der Waals surface area (Å²) in [6.45, 7) is 5.81. The lowest BCUT2D eigenvalue weighted by Crippen LogP contribution is -2.35. The third-order valence-electron chi connectivity index (χ3n) is 4.27. The molecule has 136 valence electrons. The molecule has 0 aromatic carbocycles. The first-order valence-electron chi connectivity index (χ1n) is 8.38. The number of carbonyl (C=O) groups is 1. The minimum absolute atomic E-state index is 0.369. The van der Waals surface area contributed by atoms with Crippen LogP contribution in [0.5, 0.6) is 0 Å². The molecule has 1 aliphatic heterocycles. The lowest BCUT2D eigenvalue weighted by Gasteiger charge is -2.30. The summed E-state index contributed by atoms with van der Waals surface area (Å²) in [5.74, 6) is 0.00634. The summed E-state index contributed by atoms with van der Waals surface area (Å²) in [4.78, 5) is 14.4. The molecule has 1 N–H and O–H groups in total. The highest BCUT2D eigenvalue weighted by Gasteiger charge is 2.38.